The van der Waals surface area contributed by atoms with E-state index in [1.54, 1.807) is 6.07 Å². The topological polar surface area (TPSA) is 43.8 Å². The minimum Gasteiger partial charge on any atom is -0.324 e. The molecule has 19 heavy (non-hydrogen) atoms. The second-order valence-electron chi connectivity index (χ2n) is 4.61. The molecule has 0 aliphatic carbocycles. The summed E-state index contributed by atoms with van der Waals surface area (Å²) in [6.07, 6.45) is 0.714. The van der Waals surface area contributed by atoms with E-state index in [4.69, 9.17) is 28.9 Å². The normalized spacial score (nSPS) is 12.7. The zero-order chi connectivity index (χ0) is 14.0. The van der Waals surface area contributed by atoms with Gasteiger partial charge in [0.15, 0.2) is 0 Å². The van der Waals surface area contributed by atoms with Crippen molar-refractivity contribution in [3.8, 4) is 0 Å². The summed E-state index contributed by atoms with van der Waals surface area (Å²) in [6, 6.07) is 7.35. The van der Waals surface area contributed by atoms with E-state index in [0.717, 1.165) is 23.5 Å². The van der Waals surface area contributed by atoms with Gasteiger partial charge in [-0.25, -0.2) is 0 Å². The van der Waals surface area contributed by atoms with Crippen molar-refractivity contribution in [1.29, 1.82) is 0 Å². The Hall–Kier alpha value is -1.03. The summed E-state index contributed by atoms with van der Waals surface area (Å²) in [5.41, 5.74) is 9.32. The largest absolute Gasteiger partial charge is 0.324 e. The molecule has 102 valence electrons. The Bertz CT molecular complexity index is 558. The number of rotatable bonds is 4. The molecule has 0 fully saturated rings. The zero-order valence-electron chi connectivity index (χ0n) is 11.0. The molecule has 2 aromatic rings. The Morgan fingerprint density at radius 1 is 1.21 bits per heavy atom. The molecule has 1 unspecified atom stereocenters. The van der Waals surface area contributed by atoms with Crippen molar-refractivity contribution in [3.05, 3.63) is 51.3 Å². The van der Waals surface area contributed by atoms with Gasteiger partial charge in [0.1, 0.15) is 0 Å². The van der Waals surface area contributed by atoms with Crippen molar-refractivity contribution in [2.24, 2.45) is 5.73 Å². The molecule has 1 atom stereocenters. The third kappa shape index (κ3) is 3.50. The first kappa shape index (κ1) is 14.4. The second kappa shape index (κ2) is 5.95. The minimum absolute atomic E-state index is 0.141. The zero-order valence-corrected chi connectivity index (χ0v) is 12.5. The van der Waals surface area contributed by atoms with Gasteiger partial charge >= 0.3 is 0 Å². The molecule has 0 radical (unpaired) electrons. The van der Waals surface area contributed by atoms with Crippen LogP contribution < -0.4 is 5.73 Å². The number of benzene rings is 1. The van der Waals surface area contributed by atoms with Crippen LogP contribution in [0.1, 0.15) is 29.9 Å². The van der Waals surface area contributed by atoms with Gasteiger partial charge in [0.05, 0.1) is 5.69 Å². The van der Waals surface area contributed by atoms with Crippen LogP contribution in [0.15, 0.2) is 24.3 Å². The predicted octanol–water partition coefficient (Wildman–Crippen LogP) is 3.76. The highest BCUT2D eigenvalue weighted by Crippen LogP contribution is 2.24. The molecule has 0 amide bonds. The van der Waals surface area contributed by atoms with Crippen LogP contribution in [0.2, 0.25) is 10.0 Å². The van der Waals surface area contributed by atoms with E-state index in [1.165, 1.54) is 0 Å². The number of halogens is 2. The minimum atomic E-state index is -0.141. The average Bonchev–Trinajstić information content (AvgIpc) is 2.68. The quantitative estimate of drug-likeness (QED) is 0.934. The van der Waals surface area contributed by atoms with E-state index < -0.39 is 0 Å². The maximum absolute atomic E-state index is 6.24. The Labute approximate surface area is 123 Å². The van der Waals surface area contributed by atoms with Crippen molar-refractivity contribution >= 4 is 23.2 Å². The van der Waals surface area contributed by atoms with Gasteiger partial charge in [-0.3, -0.25) is 4.68 Å². The summed E-state index contributed by atoms with van der Waals surface area (Å²) in [4.78, 5) is 0. The monoisotopic (exact) mass is 297 g/mol. The van der Waals surface area contributed by atoms with Crippen LogP contribution in [-0.2, 0) is 13.0 Å². The highest BCUT2D eigenvalue weighted by Gasteiger charge is 2.12. The van der Waals surface area contributed by atoms with Gasteiger partial charge < -0.3 is 5.73 Å². The summed E-state index contributed by atoms with van der Waals surface area (Å²) >= 11 is 12.0. The molecule has 0 saturated carbocycles. The van der Waals surface area contributed by atoms with Gasteiger partial charge in [-0.2, -0.15) is 5.10 Å². The van der Waals surface area contributed by atoms with Crippen molar-refractivity contribution in [1.82, 2.24) is 9.78 Å². The number of aromatic nitrogens is 2. The summed E-state index contributed by atoms with van der Waals surface area (Å²) in [7, 11) is 0. The fourth-order valence-corrected chi connectivity index (χ4v) is 2.71. The van der Waals surface area contributed by atoms with Gasteiger partial charge in [0, 0.05) is 34.7 Å². The van der Waals surface area contributed by atoms with Crippen LogP contribution in [0.4, 0.5) is 0 Å². The van der Waals surface area contributed by atoms with Gasteiger partial charge in [-0.15, -0.1) is 0 Å². The van der Waals surface area contributed by atoms with Gasteiger partial charge in [-0.05, 0) is 43.7 Å². The molecule has 2 N–H and O–H groups in total. The molecule has 3 nitrogen and oxygen atoms in total. The van der Waals surface area contributed by atoms with E-state index in [1.807, 2.05) is 23.7 Å². The number of hydrogen-bond acceptors (Lipinski definition) is 2. The maximum atomic E-state index is 6.24. The summed E-state index contributed by atoms with van der Waals surface area (Å²) in [6.45, 7) is 4.89. The molecule has 1 heterocycles. The number of aryl methyl sites for hydroxylation is 2. The Morgan fingerprint density at radius 3 is 2.42 bits per heavy atom. The number of nitrogens with two attached hydrogens (primary N) is 1. The number of hydrogen-bond donors (Lipinski definition) is 1. The lowest BCUT2D eigenvalue weighted by Gasteiger charge is -2.13. The second-order valence-corrected chi connectivity index (χ2v) is 5.48. The molecule has 0 aliphatic rings. The summed E-state index contributed by atoms with van der Waals surface area (Å²) in [5.74, 6) is 0. The summed E-state index contributed by atoms with van der Waals surface area (Å²) in [5, 5.41) is 5.64. The molecule has 2 rings (SSSR count). The standard InChI is InChI=1S/C14H17Cl2N3/c1-3-19-13(4-9(2)18-19)8-14(17)10-5-11(15)7-12(16)6-10/h4-7,14H,3,8,17H2,1-2H3. The first-order valence-corrected chi connectivity index (χ1v) is 7.00. The van der Waals surface area contributed by atoms with Gasteiger partial charge in [0.2, 0.25) is 0 Å². The third-order valence-electron chi connectivity index (χ3n) is 3.03. The van der Waals surface area contributed by atoms with Gasteiger partial charge in [-0.1, -0.05) is 23.2 Å². The van der Waals surface area contributed by atoms with Crippen molar-refractivity contribution in [2.75, 3.05) is 0 Å². The first-order valence-electron chi connectivity index (χ1n) is 6.24. The van der Waals surface area contributed by atoms with Crippen LogP contribution in [0, 0.1) is 6.92 Å². The fourth-order valence-electron chi connectivity index (χ4n) is 2.17. The van der Waals surface area contributed by atoms with E-state index in [9.17, 15) is 0 Å². The lowest BCUT2D eigenvalue weighted by atomic mass is 10.0. The molecule has 0 spiro atoms. The van der Waals surface area contributed by atoms with Crippen LogP contribution in [0.25, 0.3) is 0 Å². The Balaban J connectivity index is 2.22. The first-order chi connectivity index (χ1) is 8.99. The molecular formula is C14H17Cl2N3. The lowest BCUT2D eigenvalue weighted by Crippen LogP contribution is -2.16. The average molecular weight is 298 g/mol. The van der Waals surface area contributed by atoms with E-state index in [2.05, 4.69) is 18.1 Å². The lowest BCUT2D eigenvalue weighted by molar-refractivity contribution is 0.587. The fraction of sp³-hybridized carbons (Fsp3) is 0.357. The Morgan fingerprint density at radius 2 is 1.84 bits per heavy atom. The van der Waals surface area contributed by atoms with Crippen molar-refractivity contribution < 1.29 is 0 Å². The van der Waals surface area contributed by atoms with Crippen LogP contribution in [-0.4, -0.2) is 9.78 Å². The molecule has 5 heteroatoms. The maximum Gasteiger partial charge on any atom is 0.0596 e. The predicted molar refractivity (Wildman–Crippen MR) is 79.7 cm³/mol. The molecule has 0 aliphatic heterocycles. The molecule has 0 saturated heterocycles. The highest BCUT2D eigenvalue weighted by molar-refractivity contribution is 6.34. The van der Waals surface area contributed by atoms with E-state index in [-0.39, 0.29) is 6.04 Å². The molecule has 0 bridgehead atoms. The van der Waals surface area contributed by atoms with Gasteiger partial charge in [0.25, 0.3) is 0 Å². The highest BCUT2D eigenvalue weighted by atomic mass is 35.5. The Kier molecular flexibility index (Phi) is 4.50. The van der Waals surface area contributed by atoms with E-state index >= 15 is 0 Å². The van der Waals surface area contributed by atoms with Crippen molar-refractivity contribution in [2.45, 2.75) is 32.9 Å². The smallest absolute Gasteiger partial charge is 0.0596 e. The van der Waals surface area contributed by atoms with Crippen LogP contribution >= 0.6 is 23.2 Å². The summed E-state index contributed by atoms with van der Waals surface area (Å²) < 4.78 is 1.97. The number of nitrogens with zero attached hydrogens (tertiary/aromatic N) is 2. The third-order valence-corrected chi connectivity index (χ3v) is 3.46. The SMILES string of the molecule is CCn1nc(C)cc1CC(N)c1cc(Cl)cc(Cl)c1. The molecule has 1 aromatic carbocycles. The molecular weight excluding hydrogens is 281 g/mol. The molecule has 1 aromatic heterocycles. The van der Waals surface area contributed by atoms with Crippen LogP contribution in [0.5, 0.6) is 0 Å². The van der Waals surface area contributed by atoms with E-state index in [0.29, 0.717) is 16.5 Å². The van der Waals surface area contributed by atoms with Crippen LogP contribution in [0.3, 0.4) is 0 Å². The van der Waals surface area contributed by atoms with Crippen molar-refractivity contribution in [3.63, 3.8) is 0 Å².